The van der Waals surface area contributed by atoms with Crippen molar-refractivity contribution in [1.82, 2.24) is 4.98 Å². The first kappa shape index (κ1) is 12.5. The molecule has 1 unspecified atom stereocenters. The Hall–Kier alpha value is -1.55. The quantitative estimate of drug-likeness (QED) is 0.905. The molecule has 1 aliphatic rings. The zero-order chi connectivity index (χ0) is 13.4. The highest BCUT2D eigenvalue weighted by molar-refractivity contribution is 9.10. The lowest BCUT2D eigenvalue weighted by Gasteiger charge is -2.10. The number of aryl methyl sites for hydroxylation is 1. The van der Waals surface area contributed by atoms with Crippen molar-refractivity contribution in [3.05, 3.63) is 57.3 Å². The van der Waals surface area contributed by atoms with Gasteiger partial charge in [-0.2, -0.15) is 0 Å². The molecule has 0 amide bonds. The van der Waals surface area contributed by atoms with Crippen LogP contribution >= 0.6 is 15.9 Å². The number of nitrogens with one attached hydrogen (secondary N) is 1. The van der Waals surface area contributed by atoms with Crippen LogP contribution in [-0.2, 0) is 12.8 Å². The van der Waals surface area contributed by atoms with Crippen LogP contribution in [-0.4, -0.2) is 16.1 Å². The van der Waals surface area contributed by atoms with Crippen molar-refractivity contribution in [2.75, 3.05) is 0 Å². The van der Waals surface area contributed by atoms with Crippen molar-refractivity contribution < 1.29 is 9.90 Å². The van der Waals surface area contributed by atoms with Crippen LogP contribution in [0, 0.1) is 0 Å². The van der Waals surface area contributed by atoms with E-state index in [9.17, 15) is 4.79 Å². The molecule has 3 rings (SSSR count). The second kappa shape index (κ2) is 4.85. The van der Waals surface area contributed by atoms with Crippen molar-refractivity contribution >= 4 is 21.9 Å². The summed E-state index contributed by atoms with van der Waals surface area (Å²) in [7, 11) is 0. The molecule has 0 saturated carbocycles. The minimum Gasteiger partial charge on any atom is -0.477 e. The van der Waals surface area contributed by atoms with E-state index in [0.29, 0.717) is 11.6 Å². The first-order valence-corrected chi connectivity index (χ1v) is 7.12. The number of aromatic amines is 1. The number of aromatic nitrogens is 1. The summed E-state index contributed by atoms with van der Waals surface area (Å²) in [6.45, 7) is 0. The van der Waals surface area contributed by atoms with Gasteiger partial charge in [-0.15, -0.1) is 0 Å². The number of hydrogen-bond donors (Lipinski definition) is 2. The number of carbonyl (C=O) groups is 1. The molecule has 0 fully saturated rings. The number of rotatable bonds is 3. The van der Waals surface area contributed by atoms with Gasteiger partial charge < -0.3 is 10.1 Å². The van der Waals surface area contributed by atoms with Crippen molar-refractivity contribution in [2.45, 2.75) is 25.2 Å². The van der Waals surface area contributed by atoms with E-state index in [4.69, 9.17) is 5.11 Å². The second-order valence-corrected chi connectivity index (χ2v) is 5.91. The molecule has 2 aromatic rings. The standard InChI is InChI=1S/C15H14BrNO2/c16-11-3-1-2-9(7-11)6-10-4-5-13-12(10)8-14(17-13)15(18)19/h1-3,7-8,10,17H,4-6H2,(H,18,19). The summed E-state index contributed by atoms with van der Waals surface area (Å²) in [5.41, 5.74) is 3.86. The minimum atomic E-state index is -0.879. The third-order valence-corrected chi connectivity index (χ3v) is 4.21. The number of hydrogen-bond acceptors (Lipinski definition) is 1. The summed E-state index contributed by atoms with van der Waals surface area (Å²) < 4.78 is 1.09. The van der Waals surface area contributed by atoms with Crippen molar-refractivity contribution in [3.8, 4) is 0 Å². The molecule has 0 bridgehead atoms. The highest BCUT2D eigenvalue weighted by atomic mass is 79.9. The van der Waals surface area contributed by atoms with Gasteiger partial charge in [0.15, 0.2) is 0 Å². The molecule has 0 spiro atoms. The monoisotopic (exact) mass is 319 g/mol. The third kappa shape index (κ3) is 2.45. The maximum absolute atomic E-state index is 11.0. The lowest BCUT2D eigenvalue weighted by molar-refractivity contribution is 0.0691. The summed E-state index contributed by atoms with van der Waals surface area (Å²) in [6, 6.07) is 10.1. The third-order valence-electron chi connectivity index (χ3n) is 3.72. The van der Waals surface area contributed by atoms with E-state index in [2.05, 4.69) is 33.0 Å². The molecule has 0 saturated heterocycles. The highest BCUT2D eigenvalue weighted by Crippen LogP contribution is 2.36. The SMILES string of the molecule is O=C(O)c1cc2c([nH]1)CCC2Cc1cccc(Br)c1. The van der Waals surface area contributed by atoms with Crippen molar-refractivity contribution in [2.24, 2.45) is 0 Å². The summed E-state index contributed by atoms with van der Waals surface area (Å²) in [5, 5.41) is 9.02. The molecule has 0 aliphatic heterocycles. The summed E-state index contributed by atoms with van der Waals surface area (Å²) in [5.74, 6) is -0.454. The number of H-pyrrole nitrogens is 1. The van der Waals surface area contributed by atoms with Gasteiger partial charge in [0.25, 0.3) is 0 Å². The predicted octanol–water partition coefficient (Wildman–Crippen LogP) is 3.75. The Morgan fingerprint density at radius 2 is 2.26 bits per heavy atom. The smallest absolute Gasteiger partial charge is 0.352 e. The maximum Gasteiger partial charge on any atom is 0.352 e. The second-order valence-electron chi connectivity index (χ2n) is 4.99. The summed E-state index contributed by atoms with van der Waals surface area (Å²) in [4.78, 5) is 14.0. The molecule has 1 heterocycles. The fraction of sp³-hybridized carbons (Fsp3) is 0.267. The van der Waals surface area contributed by atoms with Gasteiger partial charge in [-0.1, -0.05) is 28.1 Å². The number of carboxylic acids is 1. The summed E-state index contributed by atoms with van der Waals surface area (Å²) >= 11 is 3.48. The minimum absolute atomic E-state index is 0.309. The van der Waals surface area contributed by atoms with Gasteiger partial charge in [-0.25, -0.2) is 4.79 Å². The molecule has 2 N–H and O–H groups in total. The van der Waals surface area contributed by atoms with Crippen LogP contribution in [0.15, 0.2) is 34.8 Å². The maximum atomic E-state index is 11.0. The first-order valence-electron chi connectivity index (χ1n) is 6.33. The van der Waals surface area contributed by atoms with Crippen LogP contribution in [0.2, 0.25) is 0 Å². The van der Waals surface area contributed by atoms with E-state index in [0.717, 1.165) is 29.4 Å². The first-order chi connectivity index (χ1) is 9.13. The number of carboxylic acid groups (broad SMARTS) is 1. The van der Waals surface area contributed by atoms with E-state index in [-0.39, 0.29) is 0 Å². The van der Waals surface area contributed by atoms with Gasteiger partial charge in [-0.3, -0.25) is 0 Å². The van der Waals surface area contributed by atoms with Crippen LogP contribution in [0.5, 0.6) is 0 Å². The fourth-order valence-corrected chi connectivity index (χ4v) is 3.28. The summed E-state index contributed by atoms with van der Waals surface area (Å²) in [6.07, 6.45) is 3.00. The molecule has 4 heteroatoms. The largest absolute Gasteiger partial charge is 0.477 e. The Labute approximate surface area is 119 Å². The molecule has 19 heavy (non-hydrogen) atoms. The normalized spacial score (nSPS) is 17.4. The zero-order valence-electron chi connectivity index (χ0n) is 10.3. The average molecular weight is 320 g/mol. The van der Waals surface area contributed by atoms with E-state index in [1.54, 1.807) is 6.07 Å². The number of benzene rings is 1. The van der Waals surface area contributed by atoms with Gasteiger partial charge in [0.1, 0.15) is 5.69 Å². The van der Waals surface area contributed by atoms with Gasteiger partial charge in [0.2, 0.25) is 0 Å². The molecule has 1 atom stereocenters. The lowest BCUT2D eigenvalue weighted by atomic mass is 9.95. The van der Waals surface area contributed by atoms with Gasteiger partial charge in [-0.05, 0) is 54.5 Å². The van der Waals surface area contributed by atoms with Crippen LogP contribution in [0.1, 0.15) is 39.6 Å². The number of aromatic carboxylic acids is 1. The van der Waals surface area contributed by atoms with E-state index < -0.39 is 5.97 Å². The van der Waals surface area contributed by atoms with E-state index in [1.807, 2.05) is 12.1 Å². The van der Waals surface area contributed by atoms with Gasteiger partial charge in [0, 0.05) is 10.2 Å². The predicted molar refractivity (Wildman–Crippen MR) is 76.7 cm³/mol. The highest BCUT2D eigenvalue weighted by Gasteiger charge is 2.26. The van der Waals surface area contributed by atoms with Crippen LogP contribution in [0.3, 0.4) is 0 Å². The molecule has 1 aliphatic carbocycles. The van der Waals surface area contributed by atoms with Crippen LogP contribution in [0.4, 0.5) is 0 Å². The van der Waals surface area contributed by atoms with Crippen LogP contribution < -0.4 is 0 Å². The molecule has 98 valence electrons. The molecule has 1 aromatic carbocycles. The number of halogens is 1. The van der Waals surface area contributed by atoms with E-state index >= 15 is 0 Å². The lowest BCUT2D eigenvalue weighted by Crippen LogP contribution is -2.00. The zero-order valence-corrected chi connectivity index (χ0v) is 11.9. The Morgan fingerprint density at radius 3 is 3.00 bits per heavy atom. The van der Waals surface area contributed by atoms with Crippen molar-refractivity contribution in [1.29, 1.82) is 0 Å². The Bertz CT molecular complexity index is 633. The van der Waals surface area contributed by atoms with E-state index in [1.165, 1.54) is 11.1 Å². The molecule has 0 radical (unpaired) electrons. The van der Waals surface area contributed by atoms with Gasteiger partial charge in [0.05, 0.1) is 0 Å². The van der Waals surface area contributed by atoms with Gasteiger partial charge >= 0.3 is 5.97 Å². The Kier molecular flexibility index (Phi) is 3.19. The fourth-order valence-electron chi connectivity index (χ4n) is 2.83. The molecular formula is C15H14BrNO2. The Balaban J connectivity index is 1.84. The molecule has 1 aromatic heterocycles. The number of fused-ring (bicyclic) bond motifs is 1. The Morgan fingerprint density at radius 1 is 1.42 bits per heavy atom. The average Bonchev–Trinajstić information content (AvgIpc) is 2.91. The molecule has 3 nitrogen and oxygen atoms in total. The van der Waals surface area contributed by atoms with Crippen molar-refractivity contribution in [3.63, 3.8) is 0 Å². The van der Waals surface area contributed by atoms with Crippen LogP contribution in [0.25, 0.3) is 0 Å². The molecular weight excluding hydrogens is 306 g/mol. The topological polar surface area (TPSA) is 53.1 Å².